The van der Waals surface area contributed by atoms with Gasteiger partial charge in [-0.1, -0.05) is 12.1 Å². The van der Waals surface area contributed by atoms with Crippen molar-refractivity contribution < 1.29 is 4.79 Å². The third-order valence-corrected chi connectivity index (χ3v) is 3.42. The van der Waals surface area contributed by atoms with E-state index in [1.807, 2.05) is 19.1 Å². The molecule has 21 heavy (non-hydrogen) atoms. The Morgan fingerprint density at radius 1 is 1.00 bits per heavy atom. The van der Waals surface area contributed by atoms with Crippen LogP contribution in [-0.4, -0.2) is 11.6 Å². The molecule has 2 aromatic rings. The fourth-order valence-electron chi connectivity index (χ4n) is 1.86. The van der Waals surface area contributed by atoms with E-state index < -0.39 is 0 Å². The molecule has 4 heteroatoms. The van der Waals surface area contributed by atoms with Crippen LogP contribution < -0.4 is 11.2 Å². The number of hydrogen-bond donors (Lipinski definition) is 2. The number of hydrogen-bond acceptors (Lipinski definition) is 3. The summed E-state index contributed by atoms with van der Waals surface area (Å²) in [6.45, 7) is 5.99. The Balaban J connectivity index is 2.10. The lowest BCUT2D eigenvalue weighted by molar-refractivity contribution is 0.0955. The third-order valence-electron chi connectivity index (χ3n) is 3.42. The van der Waals surface area contributed by atoms with Gasteiger partial charge >= 0.3 is 0 Å². The highest BCUT2D eigenvalue weighted by Gasteiger charge is 2.05. The quantitative estimate of drug-likeness (QED) is 0.516. The third kappa shape index (κ3) is 3.69. The van der Waals surface area contributed by atoms with Crippen LogP contribution in [-0.2, 0) is 0 Å². The second-order valence-electron chi connectivity index (χ2n) is 5.06. The molecule has 0 aliphatic heterocycles. The smallest absolute Gasteiger partial charge is 0.271 e. The lowest BCUT2D eigenvalue weighted by Crippen LogP contribution is -2.19. The molecule has 2 rings (SSSR count). The van der Waals surface area contributed by atoms with Crippen molar-refractivity contribution in [3.8, 4) is 0 Å². The van der Waals surface area contributed by atoms with E-state index in [0.29, 0.717) is 11.3 Å². The number of nitrogens with one attached hydrogen (secondary N) is 1. The van der Waals surface area contributed by atoms with Crippen LogP contribution >= 0.6 is 0 Å². The first-order chi connectivity index (χ1) is 9.97. The average molecular weight is 281 g/mol. The molecule has 1 amide bonds. The number of anilines is 1. The summed E-state index contributed by atoms with van der Waals surface area (Å²) in [5, 5.41) is 4.15. The summed E-state index contributed by atoms with van der Waals surface area (Å²) in [5.41, 5.74) is 13.5. The number of hydrazone groups is 1. The zero-order valence-electron chi connectivity index (χ0n) is 12.5. The van der Waals surface area contributed by atoms with Gasteiger partial charge in [-0.25, -0.2) is 5.43 Å². The zero-order valence-corrected chi connectivity index (χ0v) is 12.5. The Hall–Kier alpha value is -2.62. The standard InChI is InChI=1S/C17H19N3O/c1-11-4-5-15(10-12(11)2)13(3)19-20-17(21)14-6-8-16(18)9-7-14/h4-10H,18H2,1-3H3,(H,20,21)/b19-13+. The lowest BCUT2D eigenvalue weighted by Gasteiger charge is -2.06. The van der Waals surface area contributed by atoms with Gasteiger partial charge in [0.1, 0.15) is 0 Å². The number of aryl methyl sites for hydroxylation is 2. The molecule has 0 radical (unpaired) electrons. The fraction of sp³-hybridized carbons (Fsp3) is 0.176. The van der Waals surface area contributed by atoms with Gasteiger partial charge < -0.3 is 5.73 Å². The maximum Gasteiger partial charge on any atom is 0.271 e. The Bertz CT molecular complexity index is 688. The number of amides is 1. The highest BCUT2D eigenvalue weighted by atomic mass is 16.2. The molecule has 0 saturated carbocycles. The molecule has 0 bridgehead atoms. The number of nitrogen functional groups attached to an aromatic ring is 1. The first kappa shape index (κ1) is 14.8. The molecule has 0 saturated heterocycles. The predicted octanol–water partition coefficient (Wildman–Crippen LogP) is 3.04. The summed E-state index contributed by atoms with van der Waals surface area (Å²) in [7, 11) is 0. The van der Waals surface area contributed by atoms with Crippen molar-refractivity contribution in [3.63, 3.8) is 0 Å². The summed E-state index contributed by atoms with van der Waals surface area (Å²) in [5.74, 6) is -0.252. The van der Waals surface area contributed by atoms with E-state index in [4.69, 9.17) is 5.73 Å². The molecule has 3 N–H and O–H groups in total. The highest BCUT2D eigenvalue weighted by molar-refractivity contribution is 6.01. The summed E-state index contributed by atoms with van der Waals surface area (Å²) >= 11 is 0. The molecule has 0 heterocycles. The first-order valence-corrected chi connectivity index (χ1v) is 6.75. The van der Waals surface area contributed by atoms with E-state index in [9.17, 15) is 4.79 Å². The number of nitrogens with zero attached hydrogens (tertiary/aromatic N) is 1. The van der Waals surface area contributed by atoms with Gasteiger partial charge in [0.05, 0.1) is 5.71 Å². The minimum Gasteiger partial charge on any atom is -0.399 e. The van der Waals surface area contributed by atoms with Crippen LogP contribution in [0.5, 0.6) is 0 Å². The second kappa shape index (κ2) is 6.22. The van der Waals surface area contributed by atoms with E-state index in [2.05, 4.69) is 30.4 Å². The number of rotatable bonds is 3. The van der Waals surface area contributed by atoms with E-state index in [1.165, 1.54) is 11.1 Å². The van der Waals surface area contributed by atoms with Crippen LogP contribution in [0.4, 0.5) is 5.69 Å². The van der Waals surface area contributed by atoms with Crippen molar-refractivity contribution in [2.45, 2.75) is 20.8 Å². The van der Waals surface area contributed by atoms with Crippen molar-refractivity contribution in [2.75, 3.05) is 5.73 Å². The SMILES string of the molecule is C/C(=N\NC(=O)c1ccc(N)cc1)c1ccc(C)c(C)c1. The molecular formula is C17H19N3O. The Morgan fingerprint density at radius 3 is 2.24 bits per heavy atom. The van der Waals surface area contributed by atoms with Gasteiger partial charge in [0.2, 0.25) is 0 Å². The van der Waals surface area contributed by atoms with Gasteiger partial charge in [-0.05, 0) is 67.8 Å². The molecule has 0 aliphatic rings. The highest BCUT2D eigenvalue weighted by Crippen LogP contribution is 2.11. The minimum absolute atomic E-state index is 0.252. The topological polar surface area (TPSA) is 67.5 Å². The number of benzene rings is 2. The van der Waals surface area contributed by atoms with Gasteiger partial charge in [0.15, 0.2) is 0 Å². The Labute approximate surface area is 124 Å². The Morgan fingerprint density at radius 2 is 1.62 bits per heavy atom. The van der Waals surface area contributed by atoms with Gasteiger partial charge in [-0.3, -0.25) is 4.79 Å². The van der Waals surface area contributed by atoms with Crippen LogP contribution in [0.2, 0.25) is 0 Å². The zero-order chi connectivity index (χ0) is 15.4. The normalized spacial score (nSPS) is 11.3. The molecule has 0 aliphatic carbocycles. The molecule has 0 fully saturated rings. The van der Waals surface area contributed by atoms with Crippen LogP contribution in [0.1, 0.15) is 34.0 Å². The van der Waals surface area contributed by atoms with Gasteiger partial charge in [0.25, 0.3) is 5.91 Å². The molecule has 4 nitrogen and oxygen atoms in total. The Kier molecular flexibility index (Phi) is 4.38. The van der Waals surface area contributed by atoms with E-state index in [-0.39, 0.29) is 5.91 Å². The summed E-state index contributed by atoms with van der Waals surface area (Å²) in [6.07, 6.45) is 0. The minimum atomic E-state index is -0.252. The van der Waals surface area contributed by atoms with Crippen LogP contribution in [0, 0.1) is 13.8 Å². The maximum atomic E-state index is 12.0. The summed E-state index contributed by atoms with van der Waals surface area (Å²) in [4.78, 5) is 12.0. The first-order valence-electron chi connectivity index (χ1n) is 6.75. The van der Waals surface area contributed by atoms with E-state index in [0.717, 1.165) is 11.3 Å². The summed E-state index contributed by atoms with van der Waals surface area (Å²) < 4.78 is 0. The maximum absolute atomic E-state index is 12.0. The molecule has 2 aromatic carbocycles. The van der Waals surface area contributed by atoms with E-state index in [1.54, 1.807) is 24.3 Å². The molecule has 0 aromatic heterocycles. The van der Waals surface area contributed by atoms with Crippen molar-refractivity contribution in [1.82, 2.24) is 5.43 Å². The number of nitrogens with two attached hydrogens (primary N) is 1. The number of carbonyl (C=O) groups excluding carboxylic acids is 1. The number of carbonyl (C=O) groups is 1. The molecule has 0 atom stereocenters. The molecule has 108 valence electrons. The van der Waals surface area contributed by atoms with Crippen molar-refractivity contribution in [1.29, 1.82) is 0 Å². The average Bonchev–Trinajstić information content (AvgIpc) is 2.48. The van der Waals surface area contributed by atoms with Gasteiger partial charge in [-0.2, -0.15) is 5.10 Å². The predicted molar refractivity (Wildman–Crippen MR) is 86.4 cm³/mol. The lowest BCUT2D eigenvalue weighted by atomic mass is 10.0. The fourth-order valence-corrected chi connectivity index (χ4v) is 1.86. The molecule has 0 spiro atoms. The van der Waals surface area contributed by atoms with Crippen LogP contribution in [0.25, 0.3) is 0 Å². The summed E-state index contributed by atoms with van der Waals surface area (Å²) in [6, 6.07) is 12.8. The monoisotopic (exact) mass is 281 g/mol. The van der Waals surface area contributed by atoms with Gasteiger partial charge in [0, 0.05) is 11.3 Å². The molecule has 0 unspecified atom stereocenters. The van der Waals surface area contributed by atoms with Crippen molar-refractivity contribution in [3.05, 3.63) is 64.7 Å². The van der Waals surface area contributed by atoms with E-state index >= 15 is 0 Å². The van der Waals surface area contributed by atoms with Crippen molar-refractivity contribution >= 4 is 17.3 Å². The second-order valence-corrected chi connectivity index (χ2v) is 5.06. The van der Waals surface area contributed by atoms with Crippen molar-refractivity contribution in [2.24, 2.45) is 5.10 Å². The largest absolute Gasteiger partial charge is 0.399 e. The van der Waals surface area contributed by atoms with Gasteiger partial charge in [-0.15, -0.1) is 0 Å². The molecular weight excluding hydrogens is 262 g/mol. The van der Waals surface area contributed by atoms with Crippen LogP contribution in [0.3, 0.4) is 0 Å². The van der Waals surface area contributed by atoms with Crippen LogP contribution in [0.15, 0.2) is 47.6 Å².